The molecule has 0 bridgehead atoms. The topological polar surface area (TPSA) is 179 Å². The summed E-state index contributed by atoms with van der Waals surface area (Å²) in [6, 6.07) is 4.82. The minimum atomic E-state index is -1.24. The van der Waals surface area contributed by atoms with Crippen molar-refractivity contribution in [1.82, 2.24) is 10.6 Å². The normalized spacial score (nSPS) is 19.3. The maximum absolute atomic E-state index is 13.3. The minimum absolute atomic E-state index is 0.00846. The smallest absolute Gasteiger partial charge is 0.404 e. The van der Waals surface area contributed by atoms with Crippen LogP contribution in [0.15, 0.2) is 18.2 Å². The Labute approximate surface area is 266 Å². The van der Waals surface area contributed by atoms with Crippen molar-refractivity contribution in [3.05, 3.63) is 33.9 Å². The summed E-state index contributed by atoms with van der Waals surface area (Å²) in [5.41, 5.74) is 0.998. The Balaban J connectivity index is 2.11. The number of nitrogens with zero attached hydrogens (tertiary/aromatic N) is 1. The molecule has 256 valence electrons. The van der Waals surface area contributed by atoms with Gasteiger partial charge in [-0.05, 0) is 80.4 Å². The molecule has 0 spiro atoms. The molecular weight excluding hydrogens is 586 g/mol. The average Bonchev–Trinajstić information content (AvgIpc) is 2.97. The van der Waals surface area contributed by atoms with Gasteiger partial charge in [-0.3, -0.25) is 4.79 Å². The molecule has 1 aromatic rings. The summed E-state index contributed by atoms with van der Waals surface area (Å²) in [4.78, 5) is 40.4. The number of ether oxygens (including phenoxy) is 3. The van der Waals surface area contributed by atoms with Gasteiger partial charge in [0.2, 0.25) is 5.91 Å². The number of aliphatic hydroxyl groups is 1. The third-order valence-corrected chi connectivity index (χ3v) is 8.64. The van der Waals surface area contributed by atoms with E-state index in [1.54, 1.807) is 14.2 Å². The summed E-state index contributed by atoms with van der Waals surface area (Å²) in [5.74, 6) is 0.543. The van der Waals surface area contributed by atoms with E-state index < -0.39 is 35.3 Å². The van der Waals surface area contributed by atoms with Gasteiger partial charge >= 0.3 is 6.09 Å². The second-order valence-corrected chi connectivity index (χ2v) is 12.6. The lowest BCUT2D eigenvalue weighted by molar-refractivity contribution is -0.769. The molecule has 1 saturated carbocycles. The third kappa shape index (κ3) is 13.3. The summed E-state index contributed by atoms with van der Waals surface area (Å²) >= 11 is 0. The zero-order chi connectivity index (χ0) is 33.5. The van der Waals surface area contributed by atoms with Crippen molar-refractivity contribution in [1.29, 1.82) is 0 Å². The van der Waals surface area contributed by atoms with Crippen LogP contribution in [0, 0.1) is 33.8 Å². The van der Waals surface area contributed by atoms with Crippen LogP contribution in [0.2, 0.25) is 0 Å². The highest BCUT2D eigenvalue weighted by Gasteiger charge is 2.34. The van der Waals surface area contributed by atoms with Gasteiger partial charge in [0, 0.05) is 32.1 Å². The Morgan fingerprint density at radius 2 is 1.71 bits per heavy atom. The Hall–Kier alpha value is -3.32. The van der Waals surface area contributed by atoms with Gasteiger partial charge in [0.25, 0.3) is 5.09 Å². The number of carbonyl (C=O) groups excluding carboxylic acids is 1. The number of aliphatic hydroxyl groups excluding tert-OH is 1. The van der Waals surface area contributed by atoms with Gasteiger partial charge in [-0.15, -0.1) is 10.1 Å². The first-order chi connectivity index (χ1) is 21.3. The van der Waals surface area contributed by atoms with Gasteiger partial charge < -0.3 is 39.9 Å². The molecule has 1 aliphatic carbocycles. The second-order valence-electron chi connectivity index (χ2n) is 12.6. The summed E-state index contributed by atoms with van der Waals surface area (Å²) in [5, 5.41) is 36.4. The number of rotatable bonds is 20. The van der Waals surface area contributed by atoms with Gasteiger partial charge in [0.05, 0.1) is 25.9 Å². The number of hydrogen-bond donors (Lipinski definition) is 4. The summed E-state index contributed by atoms with van der Waals surface area (Å²) in [7, 11) is 3.22. The first kappa shape index (κ1) is 37.9. The van der Waals surface area contributed by atoms with Crippen LogP contribution < -0.4 is 20.1 Å². The molecule has 0 radical (unpaired) electrons. The van der Waals surface area contributed by atoms with Crippen LogP contribution in [-0.2, 0) is 20.8 Å². The lowest BCUT2D eigenvalue weighted by atomic mass is 9.80. The summed E-state index contributed by atoms with van der Waals surface area (Å²) < 4.78 is 16.5. The average molecular weight is 640 g/mol. The Bertz CT molecular complexity index is 1060. The number of nitrogens with one attached hydrogen (secondary N) is 2. The fraction of sp³-hybridized carbons (Fsp3) is 0.750. The van der Waals surface area contributed by atoms with E-state index >= 15 is 0 Å². The van der Waals surface area contributed by atoms with Crippen molar-refractivity contribution in [2.24, 2.45) is 23.7 Å². The number of carbonyl (C=O) groups is 2. The Kier molecular flexibility index (Phi) is 16.2. The molecular formula is C32H53N3O10. The van der Waals surface area contributed by atoms with Crippen LogP contribution in [0.5, 0.6) is 11.5 Å². The number of amides is 2. The second kappa shape index (κ2) is 19.3. The molecule has 1 fully saturated rings. The van der Waals surface area contributed by atoms with Crippen molar-refractivity contribution in [3.63, 3.8) is 0 Å². The lowest BCUT2D eigenvalue weighted by Gasteiger charge is -2.33. The maximum atomic E-state index is 13.3. The van der Waals surface area contributed by atoms with E-state index in [1.807, 2.05) is 32.0 Å². The highest BCUT2D eigenvalue weighted by molar-refractivity contribution is 5.79. The largest absolute Gasteiger partial charge is 0.493 e. The molecule has 13 nitrogen and oxygen atoms in total. The van der Waals surface area contributed by atoms with E-state index in [-0.39, 0.29) is 36.1 Å². The van der Waals surface area contributed by atoms with E-state index in [0.717, 1.165) is 12.0 Å². The fourth-order valence-electron chi connectivity index (χ4n) is 5.89. The SMILES string of the molecule is COCCCOc1cc(C[C@@H](C[C@H](NC(=O)O)[C@@H](O)C[C@H](C(=O)NC2CCC(O[N+](=O)[O-])CC2)C(C)C)C(C)C)ccc1OC. The van der Waals surface area contributed by atoms with E-state index in [9.17, 15) is 29.9 Å². The molecule has 2 amide bonds. The van der Waals surface area contributed by atoms with Crippen LogP contribution in [0.1, 0.15) is 78.2 Å². The van der Waals surface area contributed by atoms with Gasteiger partial charge in [-0.25, -0.2) is 4.79 Å². The first-order valence-corrected chi connectivity index (χ1v) is 15.9. The van der Waals surface area contributed by atoms with E-state index in [4.69, 9.17) is 14.2 Å². The molecule has 0 saturated heterocycles. The monoisotopic (exact) mass is 639 g/mol. The highest BCUT2D eigenvalue weighted by Crippen LogP contribution is 2.32. The Morgan fingerprint density at radius 1 is 1.02 bits per heavy atom. The van der Waals surface area contributed by atoms with Crippen LogP contribution in [0.4, 0.5) is 4.79 Å². The van der Waals surface area contributed by atoms with Crippen molar-refractivity contribution < 1.29 is 43.9 Å². The van der Waals surface area contributed by atoms with Crippen LogP contribution in [0.3, 0.4) is 0 Å². The first-order valence-electron chi connectivity index (χ1n) is 15.9. The standard InChI is InChI=1S/C32H53N3O10/c1-20(2)23(16-22-8-13-29(43-6)30(17-22)44-15-7-14-42-5)18-27(34-32(38)39)28(36)19-26(21(3)4)31(37)33-24-9-11-25(12-10-24)45-35(40)41/h8,13,17,20-21,23-28,34,36H,7,9-12,14-16,18-19H2,1-6H3,(H,33,37)(H,38,39)/t23-,24?,25?,26-,27-,28-/m0/s1. The molecule has 0 heterocycles. The molecule has 1 aliphatic rings. The lowest BCUT2D eigenvalue weighted by Crippen LogP contribution is -2.48. The number of carboxylic acid groups (broad SMARTS) is 1. The zero-order valence-corrected chi connectivity index (χ0v) is 27.5. The van der Waals surface area contributed by atoms with Crippen molar-refractivity contribution in [2.75, 3.05) is 27.4 Å². The number of hydrogen-bond acceptors (Lipinski definition) is 9. The molecule has 4 atom stereocenters. The predicted molar refractivity (Wildman–Crippen MR) is 168 cm³/mol. The summed E-state index contributed by atoms with van der Waals surface area (Å²) in [6.07, 6.45) is 1.06. The van der Waals surface area contributed by atoms with Crippen LogP contribution in [0.25, 0.3) is 0 Å². The van der Waals surface area contributed by atoms with Crippen LogP contribution in [-0.4, -0.2) is 79.0 Å². The molecule has 1 aromatic carbocycles. The van der Waals surface area contributed by atoms with Gasteiger partial charge in [0.15, 0.2) is 11.5 Å². The van der Waals surface area contributed by atoms with E-state index in [1.165, 1.54) is 0 Å². The number of methoxy groups -OCH3 is 2. The van der Waals surface area contributed by atoms with Crippen molar-refractivity contribution in [2.45, 2.75) is 103 Å². The van der Waals surface area contributed by atoms with Gasteiger partial charge in [0.1, 0.15) is 6.10 Å². The minimum Gasteiger partial charge on any atom is -0.493 e. The molecule has 45 heavy (non-hydrogen) atoms. The predicted octanol–water partition coefficient (Wildman–Crippen LogP) is 4.61. The maximum Gasteiger partial charge on any atom is 0.404 e. The molecule has 4 N–H and O–H groups in total. The van der Waals surface area contributed by atoms with E-state index in [2.05, 4.69) is 29.3 Å². The van der Waals surface area contributed by atoms with Crippen molar-refractivity contribution in [3.8, 4) is 11.5 Å². The van der Waals surface area contributed by atoms with Gasteiger partial charge in [-0.1, -0.05) is 33.8 Å². The molecule has 0 aliphatic heterocycles. The zero-order valence-electron chi connectivity index (χ0n) is 27.5. The molecule has 13 heteroatoms. The molecule has 0 unspecified atom stereocenters. The fourth-order valence-corrected chi connectivity index (χ4v) is 5.89. The highest BCUT2D eigenvalue weighted by atomic mass is 17.0. The molecule has 2 rings (SSSR count). The summed E-state index contributed by atoms with van der Waals surface area (Å²) in [6.45, 7) is 8.98. The number of benzene rings is 1. The quantitative estimate of drug-likeness (QED) is 0.0894. The van der Waals surface area contributed by atoms with Gasteiger partial charge in [-0.2, -0.15) is 0 Å². The Morgan fingerprint density at radius 3 is 2.27 bits per heavy atom. The van der Waals surface area contributed by atoms with Crippen LogP contribution >= 0.6 is 0 Å². The van der Waals surface area contributed by atoms with E-state index in [0.29, 0.717) is 63.2 Å². The third-order valence-electron chi connectivity index (χ3n) is 8.64. The van der Waals surface area contributed by atoms with Crippen molar-refractivity contribution >= 4 is 12.0 Å². The molecule has 0 aromatic heterocycles.